The van der Waals surface area contributed by atoms with Crippen LogP contribution in [-0.4, -0.2) is 26.8 Å². The number of amides is 3. The molecular weight excluding hydrogens is 516 g/mol. The molecule has 0 spiro atoms. The fourth-order valence-corrected chi connectivity index (χ4v) is 3.38. The molecule has 19 heavy (non-hydrogen) atoms. The lowest BCUT2D eigenvalue weighted by atomic mass is 10.2. The largest absolute Gasteiger partial charge is 0.506 e. The SMILES string of the molecule is O=C1NC(=O)C(Br)(Br)CN1c1cc(Br)c(O)c(Br)c1. The number of rotatable bonds is 1. The number of nitrogens with one attached hydrogen (secondary N) is 1. The van der Waals surface area contributed by atoms with Crippen LogP contribution in [0.4, 0.5) is 10.5 Å². The van der Waals surface area contributed by atoms with E-state index in [1.165, 1.54) is 4.90 Å². The van der Waals surface area contributed by atoms with E-state index in [4.69, 9.17) is 0 Å². The summed E-state index contributed by atoms with van der Waals surface area (Å²) >= 11 is 12.8. The van der Waals surface area contributed by atoms with Crippen LogP contribution in [0, 0.1) is 0 Å². The van der Waals surface area contributed by atoms with Crippen molar-refractivity contribution in [2.24, 2.45) is 0 Å². The minimum absolute atomic E-state index is 0.0428. The van der Waals surface area contributed by atoms with Gasteiger partial charge in [-0.25, -0.2) is 4.79 Å². The van der Waals surface area contributed by atoms with Gasteiger partial charge in [0.05, 0.1) is 15.5 Å². The van der Waals surface area contributed by atoms with Crippen molar-refractivity contribution in [2.45, 2.75) is 3.23 Å². The number of aromatic hydroxyl groups is 1. The second kappa shape index (κ2) is 5.34. The van der Waals surface area contributed by atoms with E-state index >= 15 is 0 Å². The summed E-state index contributed by atoms with van der Waals surface area (Å²) in [4.78, 5) is 24.8. The van der Waals surface area contributed by atoms with Gasteiger partial charge in [-0.05, 0) is 44.0 Å². The maximum absolute atomic E-state index is 11.9. The zero-order valence-corrected chi connectivity index (χ0v) is 15.4. The van der Waals surface area contributed by atoms with Crippen LogP contribution in [0.5, 0.6) is 5.75 Å². The van der Waals surface area contributed by atoms with Crippen LogP contribution < -0.4 is 10.2 Å². The number of alkyl halides is 2. The Morgan fingerprint density at radius 2 is 1.74 bits per heavy atom. The number of phenolic OH excluding ortho intramolecular Hbond substituents is 1. The van der Waals surface area contributed by atoms with Crippen LogP contribution in [0.15, 0.2) is 21.1 Å². The molecule has 0 aromatic heterocycles. The topological polar surface area (TPSA) is 69.6 Å². The van der Waals surface area contributed by atoms with Crippen molar-refractivity contribution >= 4 is 81.3 Å². The van der Waals surface area contributed by atoms with Gasteiger partial charge in [-0.3, -0.25) is 15.0 Å². The van der Waals surface area contributed by atoms with Crippen molar-refractivity contribution in [1.82, 2.24) is 5.32 Å². The molecule has 0 atom stereocenters. The first-order valence-corrected chi connectivity index (χ1v) is 8.08. The highest BCUT2D eigenvalue weighted by Gasteiger charge is 2.42. The van der Waals surface area contributed by atoms with Gasteiger partial charge in [0.15, 0.2) is 3.23 Å². The number of carbonyl (C=O) groups is 2. The molecule has 0 bridgehead atoms. The molecule has 0 radical (unpaired) electrons. The smallest absolute Gasteiger partial charge is 0.328 e. The van der Waals surface area contributed by atoms with E-state index in [9.17, 15) is 14.7 Å². The molecule has 1 heterocycles. The van der Waals surface area contributed by atoms with Gasteiger partial charge in [0.25, 0.3) is 5.91 Å². The lowest BCUT2D eigenvalue weighted by Gasteiger charge is -2.34. The van der Waals surface area contributed by atoms with Crippen molar-refractivity contribution in [3.63, 3.8) is 0 Å². The van der Waals surface area contributed by atoms with Gasteiger partial charge in [0.2, 0.25) is 0 Å². The number of urea groups is 1. The molecule has 1 aromatic carbocycles. The molecule has 1 aliphatic heterocycles. The molecule has 102 valence electrons. The third kappa shape index (κ3) is 2.98. The summed E-state index contributed by atoms with van der Waals surface area (Å²) in [5, 5.41) is 11.9. The molecule has 2 rings (SSSR count). The van der Waals surface area contributed by atoms with Gasteiger partial charge in [0.1, 0.15) is 5.75 Å². The normalized spacial score (nSPS) is 18.4. The van der Waals surface area contributed by atoms with Crippen LogP contribution in [0.1, 0.15) is 0 Å². The van der Waals surface area contributed by atoms with Crippen LogP contribution in [0.3, 0.4) is 0 Å². The van der Waals surface area contributed by atoms with Crippen LogP contribution in [0.25, 0.3) is 0 Å². The van der Waals surface area contributed by atoms with E-state index < -0.39 is 15.2 Å². The van der Waals surface area contributed by atoms with Gasteiger partial charge < -0.3 is 5.11 Å². The number of imide groups is 1. The molecule has 1 fully saturated rings. The van der Waals surface area contributed by atoms with Crippen LogP contribution in [0.2, 0.25) is 0 Å². The van der Waals surface area contributed by atoms with E-state index in [2.05, 4.69) is 69.0 Å². The first-order valence-electron chi connectivity index (χ1n) is 4.91. The molecule has 9 heteroatoms. The molecule has 0 saturated carbocycles. The highest BCUT2D eigenvalue weighted by molar-refractivity contribution is 9.26. The van der Waals surface area contributed by atoms with E-state index in [1.807, 2.05) is 0 Å². The van der Waals surface area contributed by atoms with Crippen molar-refractivity contribution in [3.05, 3.63) is 21.1 Å². The quantitative estimate of drug-likeness (QED) is 0.556. The maximum atomic E-state index is 11.9. The average Bonchev–Trinajstić information content (AvgIpc) is 2.30. The van der Waals surface area contributed by atoms with E-state index in [-0.39, 0.29) is 12.3 Å². The highest BCUT2D eigenvalue weighted by atomic mass is 79.9. The third-order valence-corrected chi connectivity index (χ3v) is 4.90. The summed E-state index contributed by atoms with van der Waals surface area (Å²) in [7, 11) is 0. The van der Waals surface area contributed by atoms with Crippen molar-refractivity contribution in [3.8, 4) is 5.75 Å². The van der Waals surface area contributed by atoms with Gasteiger partial charge in [-0.15, -0.1) is 0 Å². The molecule has 1 aromatic rings. The van der Waals surface area contributed by atoms with Gasteiger partial charge in [0, 0.05) is 5.69 Å². The van der Waals surface area contributed by atoms with E-state index in [0.717, 1.165) is 0 Å². The standard InChI is InChI=1S/C10H6Br4N2O3/c11-5-1-4(2-6(12)7(5)17)16-3-10(13,14)8(18)15-9(16)19/h1-2,17H,3H2,(H,15,18,19). The zero-order chi connectivity index (χ0) is 14.4. The van der Waals surface area contributed by atoms with Gasteiger partial charge >= 0.3 is 6.03 Å². The van der Waals surface area contributed by atoms with Crippen molar-refractivity contribution < 1.29 is 14.7 Å². The van der Waals surface area contributed by atoms with Crippen LogP contribution >= 0.6 is 63.7 Å². The molecule has 2 N–H and O–H groups in total. The Bertz CT molecular complexity index is 553. The Balaban J connectivity index is 2.41. The molecule has 0 unspecified atom stereocenters. The summed E-state index contributed by atoms with van der Waals surface area (Å²) in [6.07, 6.45) is 0. The predicted molar refractivity (Wildman–Crippen MR) is 85.0 cm³/mol. The maximum Gasteiger partial charge on any atom is 0.328 e. The Hall–Kier alpha value is -0.120. The summed E-state index contributed by atoms with van der Waals surface area (Å²) in [5.41, 5.74) is 0.532. The monoisotopic (exact) mass is 518 g/mol. The summed E-state index contributed by atoms with van der Waals surface area (Å²) < 4.78 is -0.155. The lowest BCUT2D eigenvalue weighted by molar-refractivity contribution is -0.120. The Labute approximate surface area is 142 Å². The second-order valence-electron chi connectivity index (χ2n) is 3.81. The number of hydrogen-bond acceptors (Lipinski definition) is 3. The number of benzene rings is 1. The molecule has 3 amide bonds. The summed E-state index contributed by atoms with van der Waals surface area (Å²) in [6, 6.07) is 2.65. The van der Waals surface area contributed by atoms with Gasteiger partial charge in [-0.1, -0.05) is 31.9 Å². The zero-order valence-electron chi connectivity index (χ0n) is 9.08. The highest BCUT2D eigenvalue weighted by Crippen LogP contribution is 2.39. The number of carbonyl (C=O) groups excluding carboxylic acids is 2. The minimum atomic E-state index is -1.04. The van der Waals surface area contributed by atoms with Crippen molar-refractivity contribution in [1.29, 1.82) is 0 Å². The van der Waals surface area contributed by atoms with Gasteiger partial charge in [-0.2, -0.15) is 0 Å². The summed E-state index contributed by atoms with van der Waals surface area (Å²) in [6.45, 7) is 0.112. The molecule has 1 aliphatic rings. The molecular formula is C10H6Br4N2O3. The first kappa shape index (κ1) is 15.3. The molecule has 1 saturated heterocycles. The number of phenols is 1. The predicted octanol–water partition coefficient (Wildman–Crippen LogP) is 3.46. The second-order valence-corrected chi connectivity index (χ2v) is 9.29. The number of halogens is 4. The Kier molecular flexibility index (Phi) is 4.29. The fourth-order valence-electron chi connectivity index (χ4n) is 1.51. The number of hydrogen-bond donors (Lipinski definition) is 2. The first-order chi connectivity index (χ1) is 8.72. The molecule has 0 aliphatic carbocycles. The fraction of sp³-hybridized carbons (Fsp3) is 0.200. The number of nitrogens with zero attached hydrogens (tertiary/aromatic N) is 1. The van der Waals surface area contributed by atoms with E-state index in [0.29, 0.717) is 14.6 Å². The van der Waals surface area contributed by atoms with Crippen LogP contribution in [-0.2, 0) is 4.79 Å². The number of anilines is 1. The molecule has 5 nitrogen and oxygen atoms in total. The van der Waals surface area contributed by atoms with E-state index in [1.54, 1.807) is 12.1 Å². The summed E-state index contributed by atoms with van der Waals surface area (Å²) in [5.74, 6) is -0.410. The van der Waals surface area contributed by atoms with Crippen molar-refractivity contribution in [2.75, 3.05) is 11.4 Å². The Morgan fingerprint density at radius 3 is 2.26 bits per heavy atom. The third-order valence-electron chi connectivity index (χ3n) is 2.47. The minimum Gasteiger partial charge on any atom is -0.506 e. The lowest BCUT2D eigenvalue weighted by Crippen LogP contribution is -2.59. The average molecular weight is 522 g/mol. The Morgan fingerprint density at radius 1 is 1.21 bits per heavy atom.